The summed E-state index contributed by atoms with van der Waals surface area (Å²) in [4.78, 5) is 10.5. The van der Waals surface area contributed by atoms with Gasteiger partial charge in [-0.1, -0.05) is 34.6 Å². The van der Waals surface area contributed by atoms with Crippen molar-refractivity contribution in [1.29, 1.82) is 0 Å². The molecule has 0 unspecified atom stereocenters. The van der Waals surface area contributed by atoms with E-state index in [4.69, 9.17) is 5.11 Å². The van der Waals surface area contributed by atoms with E-state index in [2.05, 4.69) is 20.8 Å². The monoisotopic (exact) mass is 236 g/mol. The second kappa shape index (κ2) is 5.09. The summed E-state index contributed by atoms with van der Waals surface area (Å²) in [5, 5.41) is 8.65. The molecule has 0 amide bonds. The average Bonchev–Trinajstić information content (AvgIpc) is 1.48. The first-order chi connectivity index (χ1) is 5.12. The van der Waals surface area contributed by atoms with Crippen molar-refractivity contribution in [3.05, 3.63) is 0 Å². The summed E-state index contributed by atoms with van der Waals surface area (Å²) < 4.78 is 0. The van der Waals surface area contributed by atoms with Crippen molar-refractivity contribution in [2.75, 3.05) is 0 Å². The van der Waals surface area contributed by atoms with Crippen molar-refractivity contribution in [3.63, 3.8) is 0 Å². The van der Waals surface area contributed by atoms with Gasteiger partial charge in [-0.3, -0.25) is 4.79 Å². The molecule has 3 heteroatoms. The molecule has 0 spiro atoms. The van der Waals surface area contributed by atoms with Gasteiger partial charge in [0.15, 0.2) is 0 Å². The Morgan fingerprint density at radius 3 is 1.77 bits per heavy atom. The minimum absolute atomic E-state index is 0. The molecule has 0 aromatic heterocycles. The van der Waals surface area contributed by atoms with Crippen LogP contribution in [0.15, 0.2) is 0 Å². The third-order valence-electron chi connectivity index (χ3n) is 1.64. The van der Waals surface area contributed by atoms with Gasteiger partial charge in [-0.15, -0.1) is 0 Å². The van der Waals surface area contributed by atoms with E-state index in [1.807, 2.05) is 13.8 Å². The Labute approximate surface area is 93.9 Å². The largest absolute Gasteiger partial charge is 0.481 e. The van der Waals surface area contributed by atoms with Gasteiger partial charge >= 0.3 is 5.97 Å². The standard InChI is InChI=1S/C10H20O2.Zn/c1-9(2,3)7-10(4,5)6-8(11)12;/h6-7H2,1-5H3,(H,11,12);. The van der Waals surface area contributed by atoms with Crippen LogP contribution in [0.2, 0.25) is 0 Å². The third-order valence-corrected chi connectivity index (χ3v) is 1.64. The molecule has 0 rings (SSSR count). The molecule has 13 heavy (non-hydrogen) atoms. The van der Waals surface area contributed by atoms with Crippen LogP contribution in [-0.4, -0.2) is 11.1 Å². The molecule has 0 aliphatic heterocycles. The molecule has 0 radical (unpaired) electrons. The van der Waals surface area contributed by atoms with E-state index in [1.54, 1.807) is 0 Å². The van der Waals surface area contributed by atoms with Gasteiger partial charge in [0, 0.05) is 19.5 Å². The summed E-state index contributed by atoms with van der Waals surface area (Å²) in [6.07, 6.45) is 1.19. The summed E-state index contributed by atoms with van der Waals surface area (Å²) in [5.74, 6) is -0.704. The molecule has 0 heterocycles. The zero-order chi connectivity index (χ0) is 9.99. The fourth-order valence-corrected chi connectivity index (χ4v) is 1.91. The molecule has 0 aromatic carbocycles. The maximum atomic E-state index is 10.5. The number of carboxylic acids is 1. The molecule has 0 atom stereocenters. The van der Waals surface area contributed by atoms with E-state index in [-0.39, 0.29) is 36.7 Å². The van der Waals surface area contributed by atoms with Gasteiger partial charge in [-0.2, -0.15) is 0 Å². The first kappa shape index (κ1) is 15.6. The summed E-state index contributed by atoms with van der Waals surface area (Å²) in [6, 6.07) is 0. The zero-order valence-electron chi connectivity index (χ0n) is 9.48. The fourth-order valence-electron chi connectivity index (χ4n) is 1.91. The van der Waals surface area contributed by atoms with Crippen molar-refractivity contribution in [1.82, 2.24) is 0 Å². The Morgan fingerprint density at radius 2 is 1.54 bits per heavy atom. The Bertz CT molecular complexity index is 168. The summed E-state index contributed by atoms with van der Waals surface area (Å²) in [7, 11) is 0. The SMILES string of the molecule is CC(C)(C)CC(C)(C)CC(=O)O.[Zn]. The second-order valence-corrected chi connectivity index (χ2v) is 5.47. The quantitative estimate of drug-likeness (QED) is 0.767. The van der Waals surface area contributed by atoms with Crippen molar-refractivity contribution < 1.29 is 29.4 Å². The smallest absolute Gasteiger partial charge is 0.303 e. The van der Waals surface area contributed by atoms with E-state index >= 15 is 0 Å². The molecule has 0 saturated carbocycles. The van der Waals surface area contributed by atoms with Crippen LogP contribution in [0.1, 0.15) is 47.5 Å². The molecule has 0 bridgehead atoms. The maximum Gasteiger partial charge on any atom is 0.303 e. The maximum absolute atomic E-state index is 10.5. The van der Waals surface area contributed by atoms with E-state index in [9.17, 15) is 4.79 Å². The van der Waals surface area contributed by atoms with Gasteiger partial charge in [0.25, 0.3) is 0 Å². The van der Waals surface area contributed by atoms with Gasteiger partial charge in [0.1, 0.15) is 0 Å². The molecule has 0 aromatic rings. The molecule has 0 saturated heterocycles. The average molecular weight is 238 g/mol. The van der Waals surface area contributed by atoms with Crippen LogP contribution in [0.25, 0.3) is 0 Å². The van der Waals surface area contributed by atoms with Crippen LogP contribution in [0, 0.1) is 10.8 Å². The van der Waals surface area contributed by atoms with Gasteiger partial charge < -0.3 is 5.11 Å². The summed E-state index contributed by atoms with van der Waals surface area (Å²) in [6.45, 7) is 10.4. The molecule has 0 aliphatic rings. The molecule has 1 N–H and O–H groups in total. The van der Waals surface area contributed by atoms with E-state index in [0.29, 0.717) is 0 Å². The van der Waals surface area contributed by atoms with Gasteiger partial charge in [-0.05, 0) is 17.3 Å². The van der Waals surface area contributed by atoms with Crippen LogP contribution >= 0.6 is 0 Å². The van der Waals surface area contributed by atoms with Crippen LogP contribution in [-0.2, 0) is 24.3 Å². The number of carbonyl (C=O) groups is 1. The van der Waals surface area contributed by atoms with Gasteiger partial charge in [0.2, 0.25) is 0 Å². The van der Waals surface area contributed by atoms with E-state index in [0.717, 1.165) is 6.42 Å². The van der Waals surface area contributed by atoms with Crippen molar-refractivity contribution in [2.45, 2.75) is 47.5 Å². The van der Waals surface area contributed by atoms with Crippen molar-refractivity contribution in [3.8, 4) is 0 Å². The number of carboxylic acid groups (broad SMARTS) is 1. The fraction of sp³-hybridized carbons (Fsp3) is 0.900. The second-order valence-electron chi connectivity index (χ2n) is 5.47. The predicted octanol–water partition coefficient (Wildman–Crippen LogP) is 2.92. The molecular formula is C10H20O2Zn. The Balaban J connectivity index is 0. The topological polar surface area (TPSA) is 37.3 Å². The number of hydrogen-bond acceptors (Lipinski definition) is 1. The number of aliphatic carboxylic acids is 1. The first-order valence-electron chi connectivity index (χ1n) is 4.34. The van der Waals surface area contributed by atoms with Crippen LogP contribution in [0.5, 0.6) is 0 Å². The van der Waals surface area contributed by atoms with Crippen molar-refractivity contribution >= 4 is 5.97 Å². The first-order valence-corrected chi connectivity index (χ1v) is 4.34. The molecule has 0 aliphatic carbocycles. The van der Waals surface area contributed by atoms with Crippen LogP contribution in [0.4, 0.5) is 0 Å². The predicted molar refractivity (Wildman–Crippen MR) is 50.1 cm³/mol. The Kier molecular flexibility index (Phi) is 6.10. The normalized spacial score (nSPS) is 12.1. The summed E-state index contributed by atoms with van der Waals surface area (Å²) in [5.41, 5.74) is 0.114. The minimum Gasteiger partial charge on any atom is -0.481 e. The number of rotatable bonds is 3. The van der Waals surface area contributed by atoms with Crippen molar-refractivity contribution in [2.24, 2.45) is 10.8 Å². The van der Waals surface area contributed by atoms with Gasteiger partial charge in [0.05, 0.1) is 6.42 Å². The van der Waals surface area contributed by atoms with E-state index in [1.165, 1.54) is 0 Å². The number of hydrogen-bond donors (Lipinski definition) is 1. The van der Waals surface area contributed by atoms with Gasteiger partial charge in [-0.25, -0.2) is 0 Å². The minimum atomic E-state index is -0.704. The molecule has 2 nitrogen and oxygen atoms in total. The third kappa shape index (κ3) is 10.0. The Morgan fingerprint density at radius 1 is 1.15 bits per heavy atom. The van der Waals surface area contributed by atoms with Crippen LogP contribution in [0.3, 0.4) is 0 Å². The zero-order valence-corrected chi connectivity index (χ0v) is 12.4. The molecule has 74 valence electrons. The van der Waals surface area contributed by atoms with E-state index < -0.39 is 5.97 Å². The van der Waals surface area contributed by atoms with Crippen LogP contribution < -0.4 is 0 Å². The molecular weight excluding hydrogens is 217 g/mol. The summed E-state index contributed by atoms with van der Waals surface area (Å²) >= 11 is 0. The Hall–Kier alpha value is 0.0934. The molecule has 0 fully saturated rings.